The highest BCUT2D eigenvalue weighted by Crippen LogP contribution is 2.48. The second kappa shape index (κ2) is 4.40. The number of likely N-dealkylation sites (N-methyl/N-ethyl adjacent to an activating group) is 1. The Kier molecular flexibility index (Phi) is 3.39. The van der Waals surface area contributed by atoms with E-state index in [4.69, 9.17) is 0 Å². The van der Waals surface area contributed by atoms with Crippen LogP contribution in [0, 0.1) is 0 Å². The molecular weight excluding hydrogens is 274 g/mol. The van der Waals surface area contributed by atoms with Crippen molar-refractivity contribution >= 4 is 15.9 Å². The first-order valence-electron chi connectivity index (χ1n) is 6.34. The third kappa shape index (κ3) is 2.58. The lowest BCUT2D eigenvalue weighted by molar-refractivity contribution is 0.583. The van der Waals surface area contributed by atoms with Crippen LogP contribution in [-0.4, -0.2) is 13.6 Å². The Balaban J connectivity index is 2.32. The minimum Gasteiger partial charge on any atom is -0.319 e. The van der Waals surface area contributed by atoms with E-state index in [1.807, 2.05) is 7.05 Å². The first-order valence-corrected chi connectivity index (χ1v) is 7.13. The molecule has 0 atom stereocenters. The fourth-order valence-corrected chi connectivity index (χ4v) is 3.48. The Morgan fingerprint density at radius 3 is 2.35 bits per heavy atom. The smallest absolute Gasteiger partial charge is 0.0215 e. The Labute approximate surface area is 113 Å². The van der Waals surface area contributed by atoms with E-state index in [9.17, 15) is 0 Å². The average Bonchev–Trinajstić information content (AvgIpc) is 2.97. The second-order valence-corrected chi connectivity index (χ2v) is 7.11. The van der Waals surface area contributed by atoms with E-state index >= 15 is 0 Å². The van der Waals surface area contributed by atoms with Crippen molar-refractivity contribution in [2.24, 2.45) is 0 Å². The summed E-state index contributed by atoms with van der Waals surface area (Å²) in [5.74, 6) is 0. The number of hydrogen-bond acceptors (Lipinski definition) is 1. The Morgan fingerprint density at radius 1 is 1.29 bits per heavy atom. The molecule has 0 aliphatic heterocycles. The molecule has 2 rings (SSSR count). The summed E-state index contributed by atoms with van der Waals surface area (Å²) in [6.45, 7) is 7.86. The van der Waals surface area contributed by atoms with Gasteiger partial charge in [-0.2, -0.15) is 0 Å². The normalized spacial score (nSPS) is 18.2. The summed E-state index contributed by atoms with van der Waals surface area (Å²) >= 11 is 3.73. The number of rotatable bonds is 3. The third-order valence-electron chi connectivity index (χ3n) is 3.76. The predicted molar refractivity (Wildman–Crippen MR) is 77.7 cm³/mol. The van der Waals surface area contributed by atoms with Gasteiger partial charge in [-0.1, -0.05) is 48.8 Å². The lowest BCUT2D eigenvalue weighted by atomic mass is 9.85. The zero-order valence-corrected chi connectivity index (χ0v) is 12.8. The van der Waals surface area contributed by atoms with Crippen molar-refractivity contribution in [3.8, 4) is 0 Å². The summed E-state index contributed by atoms with van der Waals surface area (Å²) < 4.78 is 1.25. The molecular formula is C15H22BrN. The van der Waals surface area contributed by atoms with Gasteiger partial charge in [-0.15, -0.1) is 0 Å². The maximum Gasteiger partial charge on any atom is 0.0215 e. The predicted octanol–water partition coefficient (Wildman–Crippen LogP) is 4.00. The molecule has 0 saturated heterocycles. The van der Waals surface area contributed by atoms with Gasteiger partial charge in [-0.3, -0.25) is 0 Å². The molecule has 1 N–H and O–H groups in total. The Hall–Kier alpha value is -0.340. The molecule has 2 heteroatoms. The highest BCUT2D eigenvalue weighted by atomic mass is 79.9. The molecule has 1 saturated carbocycles. The summed E-state index contributed by atoms with van der Waals surface area (Å²) in [6.07, 6.45) is 2.63. The number of halogens is 1. The Bertz CT molecular complexity index is 413. The molecule has 94 valence electrons. The number of benzene rings is 1. The van der Waals surface area contributed by atoms with E-state index in [1.165, 1.54) is 28.4 Å². The van der Waals surface area contributed by atoms with Crippen LogP contribution >= 0.6 is 15.9 Å². The highest BCUT2D eigenvalue weighted by Gasteiger charge is 2.43. The fraction of sp³-hybridized carbons (Fsp3) is 0.600. The van der Waals surface area contributed by atoms with Crippen LogP contribution in [-0.2, 0) is 10.8 Å². The molecule has 0 radical (unpaired) electrons. The molecule has 0 heterocycles. The zero-order valence-electron chi connectivity index (χ0n) is 11.2. The summed E-state index contributed by atoms with van der Waals surface area (Å²) in [6, 6.07) is 6.93. The van der Waals surface area contributed by atoms with Crippen LogP contribution in [0.5, 0.6) is 0 Å². The highest BCUT2D eigenvalue weighted by molar-refractivity contribution is 9.10. The van der Waals surface area contributed by atoms with Gasteiger partial charge in [0.25, 0.3) is 0 Å². The van der Waals surface area contributed by atoms with Crippen LogP contribution in [0.3, 0.4) is 0 Å². The van der Waals surface area contributed by atoms with Crippen LogP contribution in [0.1, 0.15) is 44.7 Å². The van der Waals surface area contributed by atoms with E-state index in [1.54, 1.807) is 0 Å². The zero-order chi connectivity index (χ0) is 12.7. The number of hydrogen-bond donors (Lipinski definition) is 1. The van der Waals surface area contributed by atoms with Crippen LogP contribution in [0.2, 0.25) is 0 Å². The van der Waals surface area contributed by atoms with Crippen LogP contribution in [0.15, 0.2) is 22.7 Å². The molecule has 1 fully saturated rings. The SMILES string of the molecule is CNCC1(c2ccc(C(C)(C)C)c(Br)c2)CC1. The van der Waals surface area contributed by atoms with E-state index in [0.717, 1.165) is 6.54 Å². The van der Waals surface area contributed by atoms with Gasteiger partial charge in [0.05, 0.1) is 0 Å². The third-order valence-corrected chi connectivity index (χ3v) is 4.41. The quantitative estimate of drug-likeness (QED) is 0.889. The van der Waals surface area contributed by atoms with Crippen LogP contribution in [0.4, 0.5) is 0 Å². The first-order chi connectivity index (χ1) is 7.89. The van der Waals surface area contributed by atoms with E-state index < -0.39 is 0 Å². The van der Waals surface area contributed by atoms with Crippen molar-refractivity contribution in [2.45, 2.75) is 44.4 Å². The van der Waals surface area contributed by atoms with Gasteiger partial charge in [-0.05, 0) is 42.5 Å². The van der Waals surface area contributed by atoms with Crippen LogP contribution in [0.25, 0.3) is 0 Å². The summed E-state index contributed by atoms with van der Waals surface area (Å²) in [4.78, 5) is 0. The van der Waals surface area contributed by atoms with Gasteiger partial charge >= 0.3 is 0 Å². The van der Waals surface area contributed by atoms with Gasteiger partial charge in [-0.25, -0.2) is 0 Å². The molecule has 1 aromatic rings. The van der Waals surface area contributed by atoms with Crippen molar-refractivity contribution in [3.63, 3.8) is 0 Å². The van der Waals surface area contributed by atoms with Crippen LogP contribution < -0.4 is 5.32 Å². The monoisotopic (exact) mass is 295 g/mol. The van der Waals surface area contributed by atoms with Gasteiger partial charge in [0.2, 0.25) is 0 Å². The van der Waals surface area contributed by atoms with Crippen molar-refractivity contribution in [2.75, 3.05) is 13.6 Å². The molecule has 0 amide bonds. The average molecular weight is 296 g/mol. The minimum absolute atomic E-state index is 0.205. The van der Waals surface area contributed by atoms with Gasteiger partial charge < -0.3 is 5.32 Å². The van der Waals surface area contributed by atoms with Crippen molar-refractivity contribution in [3.05, 3.63) is 33.8 Å². The molecule has 0 spiro atoms. The van der Waals surface area contributed by atoms with E-state index in [0.29, 0.717) is 5.41 Å². The van der Waals surface area contributed by atoms with Crippen molar-refractivity contribution in [1.29, 1.82) is 0 Å². The maximum atomic E-state index is 3.73. The largest absolute Gasteiger partial charge is 0.319 e. The molecule has 17 heavy (non-hydrogen) atoms. The maximum absolute atomic E-state index is 3.73. The standard InChI is InChI=1S/C15H22BrN/c1-14(2,3)12-6-5-11(9-13(12)16)15(7-8-15)10-17-4/h5-6,9,17H,7-8,10H2,1-4H3. The van der Waals surface area contributed by atoms with Crippen molar-refractivity contribution < 1.29 is 0 Å². The summed E-state index contributed by atoms with van der Waals surface area (Å²) in [5.41, 5.74) is 3.48. The second-order valence-electron chi connectivity index (χ2n) is 6.26. The summed E-state index contributed by atoms with van der Waals surface area (Å²) in [7, 11) is 2.04. The lowest BCUT2D eigenvalue weighted by Crippen LogP contribution is -2.24. The van der Waals surface area contributed by atoms with Gasteiger partial charge in [0.15, 0.2) is 0 Å². The Morgan fingerprint density at radius 2 is 1.94 bits per heavy atom. The molecule has 0 aromatic heterocycles. The van der Waals surface area contributed by atoms with Crippen molar-refractivity contribution in [1.82, 2.24) is 5.32 Å². The molecule has 1 nitrogen and oxygen atoms in total. The van der Waals surface area contributed by atoms with Gasteiger partial charge in [0.1, 0.15) is 0 Å². The minimum atomic E-state index is 0.205. The molecule has 1 aliphatic rings. The molecule has 1 aliphatic carbocycles. The van der Waals surface area contributed by atoms with E-state index in [2.05, 4.69) is 60.2 Å². The fourth-order valence-electron chi connectivity index (χ4n) is 2.51. The lowest BCUT2D eigenvalue weighted by Gasteiger charge is -2.23. The number of nitrogens with one attached hydrogen (secondary N) is 1. The molecule has 0 bridgehead atoms. The molecule has 0 unspecified atom stereocenters. The van der Waals surface area contributed by atoms with Gasteiger partial charge in [0, 0.05) is 16.4 Å². The molecule has 1 aromatic carbocycles. The van der Waals surface area contributed by atoms with E-state index in [-0.39, 0.29) is 5.41 Å². The summed E-state index contributed by atoms with van der Waals surface area (Å²) in [5, 5.41) is 3.32. The topological polar surface area (TPSA) is 12.0 Å². The first kappa shape index (κ1) is 13.1.